The van der Waals surface area contributed by atoms with Crippen LogP contribution in [0.5, 0.6) is 0 Å². The molecule has 0 unspecified atom stereocenters. The lowest BCUT2D eigenvalue weighted by Gasteiger charge is -2.18. The van der Waals surface area contributed by atoms with Crippen molar-refractivity contribution in [3.8, 4) is 11.4 Å². The largest absolute Gasteiger partial charge is 0.351 e. The molecule has 2 aromatic rings. The van der Waals surface area contributed by atoms with E-state index >= 15 is 0 Å². The second kappa shape index (κ2) is 8.61. The molecule has 9 heteroatoms. The molecule has 0 aliphatic carbocycles. The lowest BCUT2D eigenvalue weighted by atomic mass is 10.1. The van der Waals surface area contributed by atoms with Gasteiger partial charge in [0.1, 0.15) is 5.82 Å². The topological polar surface area (TPSA) is 103 Å². The minimum atomic E-state index is -0.902. The number of nitrogens with zero attached hydrogens (tertiary/aromatic N) is 3. The Morgan fingerprint density at radius 1 is 1.35 bits per heavy atom. The molecule has 0 saturated heterocycles. The van der Waals surface area contributed by atoms with Crippen LogP contribution in [-0.2, 0) is 11.3 Å². The number of benzene rings is 1. The molecule has 0 aliphatic rings. The van der Waals surface area contributed by atoms with Crippen LogP contribution in [0.15, 0.2) is 42.1 Å². The van der Waals surface area contributed by atoms with Gasteiger partial charge in [-0.3, -0.25) is 14.7 Å². The van der Waals surface area contributed by atoms with Gasteiger partial charge in [-0.25, -0.2) is 9.18 Å². The zero-order valence-corrected chi connectivity index (χ0v) is 15.3. The van der Waals surface area contributed by atoms with E-state index in [0.717, 1.165) is 0 Å². The molecule has 0 fully saturated rings. The maximum Gasteiger partial charge on any atom is 0.318 e. The van der Waals surface area contributed by atoms with Crippen LogP contribution >= 0.6 is 11.8 Å². The van der Waals surface area contributed by atoms with Crippen molar-refractivity contribution in [3.05, 3.63) is 42.7 Å². The summed E-state index contributed by atoms with van der Waals surface area (Å²) in [5, 5.41) is 10.3. The number of primary amides is 1. The van der Waals surface area contributed by atoms with E-state index < -0.39 is 17.2 Å². The van der Waals surface area contributed by atoms with E-state index in [4.69, 9.17) is 5.73 Å². The first-order valence-electron chi connectivity index (χ1n) is 7.90. The minimum Gasteiger partial charge on any atom is -0.351 e. The Bertz CT molecular complexity index is 804. The van der Waals surface area contributed by atoms with Crippen molar-refractivity contribution in [2.24, 2.45) is 11.7 Å². The molecule has 7 nitrogen and oxygen atoms in total. The van der Waals surface area contributed by atoms with E-state index in [1.807, 2.05) is 13.8 Å². The molecule has 0 saturated carbocycles. The number of hydrogen-bond donors (Lipinski definition) is 2. The molecule has 3 N–H and O–H groups in total. The fourth-order valence-electron chi connectivity index (χ4n) is 2.28. The Balaban J connectivity index is 2.36. The van der Waals surface area contributed by atoms with Gasteiger partial charge in [0.25, 0.3) is 0 Å². The van der Waals surface area contributed by atoms with Crippen molar-refractivity contribution in [2.75, 3.05) is 0 Å². The van der Waals surface area contributed by atoms with Gasteiger partial charge in [0.05, 0.1) is 5.25 Å². The number of carbonyl (C=O) groups excluding carboxylic acids is 2. The van der Waals surface area contributed by atoms with E-state index in [0.29, 0.717) is 23.1 Å². The zero-order chi connectivity index (χ0) is 19.3. The second-order valence-electron chi connectivity index (χ2n) is 5.85. The highest BCUT2D eigenvalue weighted by Crippen LogP contribution is 2.30. The number of aromatic nitrogens is 3. The first-order valence-corrected chi connectivity index (χ1v) is 8.78. The fraction of sp³-hybridized carbons (Fsp3) is 0.294. The van der Waals surface area contributed by atoms with Crippen molar-refractivity contribution in [2.45, 2.75) is 30.8 Å². The van der Waals surface area contributed by atoms with E-state index in [-0.39, 0.29) is 11.7 Å². The molecule has 1 atom stereocenters. The van der Waals surface area contributed by atoms with E-state index in [1.54, 1.807) is 22.8 Å². The molecule has 1 heterocycles. The van der Waals surface area contributed by atoms with Gasteiger partial charge < -0.3 is 5.73 Å². The SMILES string of the molecule is C=CCn1c(S[C@H](C(=O)NC(N)=O)C(C)C)nnc1-c1ccc(F)cc1. The molecule has 1 aromatic carbocycles. The van der Waals surface area contributed by atoms with Crippen LogP contribution in [-0.4, -0.2) is 32.0 Å². The third-order valence-electron chi connectivity index (χ3n) is 3.47. The van der Waals surface area contributed by atoms with Gasteiger partial charge in [-0.05, 0) is 30.2 Å². The lowest BCUT2D eigenvalue weighted by Crippen LogP contribution is -2.42. The second-order valence-corrected chi connectivity index (χ2v) is 6.96. The van der Waals surface area contributed by atoms with Crippen LogP contribution in [0.25, 0.3) is 11.4 Å². The van der Waals surface area contributed by atoms with Gasteiger partial charge in [-0.1, -0.05) is 31.7 Å². The summed E-state index contributed by atoms with van der Waals surface area (Å²) in [7, 11) is 0. The molecule has 0 aliphatic heterocycles. The van der Waals surface area contributed by atoms with E-state index in [2.05, 4.69) is 22.1 Å². The molecule has 138 valence electrons. The Kier molecular flexibility index (Phi) is 6.51. The van der Waals surface area contributed by atoms with Crippen LogP contribution in [0.2, 0.25) is 0 Å². The molecule has 26 heavy (non-hydrogen) atoms. The Labute approximate surface area is 154 Å². The Morgan fingerprint density at radius 2 is 2.00 bits per heavy atom. The summed E-state index contributed by atoms with van der Waals surface area (Å²) in [6, 6.07) is 4.99. The van der Waals surface area contributed by atoms with Gasteiger partial charge in [0, 0.05) is 12.1 Å². The summed E-state index contributed by atoms with van der Waals surface area (Å²) in [5.74, 6) is -0.386. The number of rotatable bonds is 7. The number of nitrogens with one attached hydrogen (secondary N) is 1. The number of thioether (sulfide) groups is 1. The monoisotopic (exact) mass is 377 g/mol. The number of hydrogen-bond acceptors (Lipinski definition) is 5. The summed E-state index contributed by atoms with van der Waals surface area (Å²) in [5.41, 5.74) is 5.73. The normalized spacial score (nSPS) is 12.0. The first kappa shape index (κ1) is 19.6. The number of allylic oxidation sites excluding steroid dienone is 1. The van der Waals surface area contributed by atoms with Crippen LogP contribution < -0.4 is 11.1 Å². The fourth-order valence-corrected chi connectivity index (χ4v) is 3.32. The maximum absolute atomic E-state index is 13.2. The predicted molar refractivity (Wildman–Crippen MR) is 97.8 cm³/mol. The quantitative estimate of drug-likeness (QED) is 0.570. The third kappa shape index (κ3) is 4.69. The molecule has 1 aromatic heterocycles. The van der Waals surface area contributed by atoms with Crippen LogP contribution in [0, 0.1) is 11.7 Å². The van der Waals surface area contributed by atoms with Crippen molar-refractivity contribution in [1.82, 2.24) is 20.1 Å². The highest BCUT2D eigenvalue weighted by Gasteiger charge is 2.27. The van der Waals surface area contributed by atoms with Crippen molar-refractivity contribution in [1.29, 1.82) is 0 Å². The summed E-state index contributed by atoms with van der Waals surface area (Å²) < 4.78 is 14.9. The van der Waals surface area contributed by atoms with E-state index in [1.165, 1.54) is 23.9 Å². The van der Waals surface area contributed by atoms with Crippen molar-refractivity contribution in [3.63, 3.8) is 0 Å². The predicted octanol–water partition coefficient (Wildman–Crippen LogP) is 2.58. The molecular weight excluding hydrogens is 357 g/mol. The van der Waals surface area contributed by atoms with Crippen LogP contribution in [0.4, 0.5) is 9.18 Å². The molecule has 0 radical (unpaired) electrons. The number of amides is 3. The third-order valence-corrected chi connectivity index (χ3v) is 5.00. The summed E-state index contributed by atoms with van der Waals surface area (Å²) in [6.45, 7) is 7.84. The highest BCUT2D eigenvalue weighted by atomic mass is 32.2. The van der Waals surface area contributed by atoms with Crippen molar-refractivity contribution >= 4 is 23.7 Å². The summed E-state index contributed by atoms with van der Waals surface area (Å²) in [4.78, 5) is 23.2. The van der Waals surface area contributed by atoms with Crippen LogP contribution in [0.1, 0.15) is 13.8 Å². The Morgan fingerprint density at radius 3 is 2.54 bits per heavy atom. The number of urea groups is 1. The van der Waals surface area contributed by atoms with Gasteiger partial charge >= 0.3 is 6.03 Å². The molecule has 0 spiro atoms. The van der Waals surface area contributed by atoms with Gasteiger partial charge in [-0.2, -0.15) is 0 Å². The van der Waals surface area contributed by atoms with Crippen LogP contribution in [0.3, 0.4) is 0 Å². The number of nitrogens with two attached hydrogens (primary N) is 1. The smallest absolute Gasteiger partial charge is 0.318 e. The molecular formula is C17H20FN5O2S. The summed E-state index contributed by atoms with van der Waals surface area (Å²) >= 11 is 1.18. The first-order chi connectivity index (χ1) is 12.3. The number of imide groups is 1. The Hall–Kier alpha value is -2.68. The highest BCUT2D eigenvalue weighted by molar-refractivity contribution is 8.00. The summed E-state index contributed by atoms with van der Waals surface area (Å²) in [6.07, 6.45) is 1.67. The van der Waals surface area contributed by atoms with Gasteiger partial charge in [0.2, 0.25) is 5.91 Å². The number of carbonyl (C=O) groups is 2. The number of halogens is 1. The minimum absolute atomic E-state index is 0.0810. The van der Waals surface area contributed by atoms with E-state index in [9.17, 15) is 14.0 Å². The average Bonchev–Trinajstić information content (AvgIpc) is 2.95. The van der Waals surface area contributed by atoms with Gasteiger partial charge in [-0.15, -0.1) is 16.8 Å². The molecule has 2 rings (SSSR count). The lowest BCUT2D eigenvalue weighted by molar-refractivity contribution is -0.120. The average molecular weight is 377 g/mol. The molecule has 0 bridgehead atoms. The maximum atomic E-state index is 13.2. The van der Waals surface area contributed by atoms with Gasteiger partial charge in [0.15, 0.2) is 11.0 Å². The standard InChI is InChI=1S/C17H20FN5O2S/c1-4-9-23-14(11-5-7-12(18)8-6-11)21-22-17(23)26-13(10(2)3)15(24)20-16(19)25/h4-8,10,13H,1,9H2,2-3H3,(H3,19,20,24,25)/t13-/m0/s1. The van der Waals surface area contributed by atoms with Crippen molar-refractivity contribution < 1.29 is 14.0 Å². The zero-order valence-electron chi connectivity index (χ0n) is 14.5. The molecule has 3 amide bonds.